The Bertz CT molecular complexity index is 1120. The highest BCUT2D eigenvalue weighted by Crippen LogP contribution is 2.24. The highest BCUT2D eigenvalue weighted by molar-refractivity contribution is 5.88. The van der Waals surface area contributed by atoms with Gasteiger partial charge in [0.25, 0.3) is 0 Å². The maximum Gasteiger partial charge on any atom is 0.243 e. The van der Waals surface area contributed by atoms with Crippen LogP contribution < -0.4 is 20.1 Å². The van der Waals surface area contributed by atoms with Gasteiger partial charge in [-0.25, -0.2) is 0 Å². The molecule has 0 aromatic heterocycles. The van der Waals surface area contributed by atoms with Crippen LogP contribution in [0.15, 0.2) is 73.8 Å². The molecule has 0 spiro atoms. The van der Waals surface area contributed by atoms with Gasteiger partial charge in [-0.05, 0) is 43.0 Å². The minimum absolute atomic E-state index is 0.0694. The highest BCUT2D eigenvalue weighted by Gasteiger charge is 2.31. The van der Waals surface area contributed by atoms with Gasteiger partial charge >= 0.3 is 0 Å². The first-order valence-corrected chi connectivity index (χ1v) is 14.8. The third kappa shape index (κ3) is 11.0. The number of rotatable bonds is 20. The summed E-state index contributed by atoms with van der Waals surface area (Å²) in [5.74, 6) is 0.826. The van der Waals surface area contributed by atoms with Gasteiger partial charge in [0.05, 0.1) is 19.3 Å². The molecule has 0 saturated heterocycles. The number of nitrogens with zero attached hydrogens (tertiary/aromatic N) is 1. The summed E-state index contributed by atoms with van der Waals surface area (Å²) in [5.41, 5.74) is 1.85. The molecular weight excluding hydrogens is 530 g/mol. The molecule has 2 rings (SSSR count). The first kappa shape index (κ1) is 34.6. The molecule has 8 heteroatoms. The van der Waals surface area contributed by atoms with E-state index in [1.807, 2.05) is 55.5 Å². The topological polar surface area (TPSA) is 100 Å². The zero-order chi connectivity index (χ0) is 30.9. The van der Waals surface area contributed by atoms with E-state index in [9.17, 15) is 14.7 Å². The van der Waals surface area contributed by atoms with Crippen molar-refractivity contribution in [2.24, 2.45) is 5.92 Å². The van der Waals surface area contributed by atoms with Gasteiger partial charge in [-0.1, -0.05) is 75.8 Å². The number of likely N-dealkylation sites (N-methyl/N-ethyl adjacent to an activating group) is 1. The van der Waals surface area contributed by atoms with Crippen LogP contribution in [0.25, 0.3) is 0 Å². The largest absolute Gasteiger partial charge is 0.497 e. The summed E-state index contributed by atoms with van der Waals surface area (Å²) in [6, 6.07) is 13.9. The zero-order valence-electron chi connectivity index (χ0n) is 25.7. The van der Waals surface area contributed by atoms with Crippen LogP contribution in [0.1, 0.15) is 50.7 Å². The Labute approximate surface area is 251 Å². The molecule has 0 aliphatic rings. The molecule has 2 aromatic carbocycles. The van der Waals surface area contributed by atoms with E-state index in [1.54, 1.807) is 26.3 Å². The Kier molecular flexibility index (Phi) is 15.4. The van der Waals surface area contributed by atoms with Crippen LogP contribution in [0.4, 0.5) is 0 Å². The maximum absolute atomic E-state index is 13.6. The molecule has 42 heavy (non-hydrogen) atoms. The van der Waals surface area contributed by atoms with Crippen molar-refractivity contribution in [3.05, 3.63) is 85.0 Å². The first-order valence-electron chi connectivity index (χ1n) is 14.8. The second-order valence-corrected chi connectivity index (χ2v) is 10.6. The van der Waals surface area contributed by atoms with Crippen LogP contribution in [0.3, 0.4) is 0 Å². The minimum atomic E-state index is -0.911. The van der Waals surface area contributed by atoms with Crippen LogP contribution in [-0.2, 0) is 22.6 Å². The Morgan fingerprint density at radius 2 is 1.86 bits per heavy atom. The fourth-order valence-corrected chi connectivity index (χ4v) is 4.77. The number of hydrogen-bond donors (Lipinski definition) is 3. The lowest BCUT2D eigenvalue weighted by Gasteiger charge is -2.32. The Morgan fingerprint density at radius 3 is 2.50 bits per heavy atom. The van der Waals surface area contributed by atoms with Crippen molar-refractivity contribution in [3.8, 4) is 11.5 Å². The fraction of sp³-hybridized carbons (Fsp3) is 0.471. The van der Waals surface area contributed by atoms with Gasteiger partial charge in [-0.2, -0.15) is 0 Å². The van der Waals surface area contributed by atoms with Crippen molar-refractivity contribution in [1.29, 1.82) is 0 Å². The molecule has 0 unspecified atom stereocenters. The second-order valence-electron chi connectivity index (χ2n) is 10.6. The molecule has 0 heterocycles. The third-order valence-corrected chi connectivity index (χ3v) is 7.30. The van der Waals surface area contributed by atoms with Gasteiger partial charge in [0.15, 0.2) is 0 Å². The van der Waals surface area contributed by atoms with Gasteiger partial charge in [0, 0.05) is 31.6 Å². The molecule has 0 saturated carbocycles. The fourth-order valence-electron chi connectivity index (χ4n) is 4.77. The summed E-state index contributed by atoms with van der Waals surface area (Å²) in [6.45, 7) is 12.5. The van der Waals surface area contributed by atoms with Crippen molar-refractivity contribution < 1.29 is 24.2 Å². The molecule has 0 radical (unpaired) electrons. The first-order chi connectivity index (χ1) is 20.2. The number of hydrogen-bond acceptors (Lipinski definition) is 6. The molecule has 8 nitrogen and oxygen atoms in total. The van der Waals surface area contributed by atoms with Crippen LogP contribution >= 0.6 is 0 Å². The van der Waals surface area contributed by atoms with E-state index in [1.165, 1.54) is 4.90 Å². The van der Waals surface area contributed by atoms with Crippen LogP contribution in [0, 0.1) is 5.92 Å². The van der Waals surface area contributed by atoms with E-state index in [0.29, 0.717) is 37.5 Å². The lowest BCUT2D eigenvalue weighted by molar-refractivity contribution is -0.142. The maximum atomic E-state index is 13.6. The van der Waals surface area contributed by atoms with E-state index in [2.05, 4.69) is 30.7 Å². The monoisotopic (exact) mass is 579 g/mol. The third-order valence-electron chi connectivity index (χ3n) is 7.30. The van der Waals surface area contributed by atoms with Gasteiger partial charge in [-0.3, -0.25) is 9.59 Å². The van der Waals surface area contributed by atoms with E-state index in [4.69, 9.17) is 9.47 Å². The van der Waals surface area contributed by atoms with Crippen molar-refractivity contribution in [2.75, 3.05) is 27.3 Å². The van der Waals surface area contributed by atoms with E-state index in [-0.39, 0.29) is 24.3 Å². The summed E-state index contributed by atoms with van der Waals surface area (Å²) in [6.07, 6.45) is 5.88. The summed E-state index contributed by atoms with van der Waals surface area (Å²) in [7, 11) is 3.27. The molecule has 0 bridgehead atoms. The second kappa shape index (κ2) is 18.7. The SMILES string of the molecule is C=CCOc1ccc(OC)cc1CNC[C@@H](O)[C@H](Cc1ccccc1)NC(=O)[C@H](CC=C)N(C)C(=O)[C@@H](C)CCCC. The number of aliphatic hydroxyl groups excluding tert-OH is 1. The van der Waals surface area contributed by atoms with Crippen molar-refractivity contribution in [2.45, 2.75) is 70.7 Å². The summed E-state index contributed by atoms with van der Waals surface area (Å²) in [5, 5.41) is 17.6. The molecule has 0 fully saturated rings. The molecule has 2 amide bonds. The Hall–Kier alpha value is -3.62. The van der Waals surface area contributed by atoms with Crippen molar-refractivity contribution in [3.63, 3.8) is 0 Å². The number of unbranched alkanes of at least 4 members (excludes halogenated alkanes) is 1. The van der Waals surface area contributed by atoms with Gasteiger partial charge in [0.2, 0.25) is 11.8 Å². The zero-order valence-corrected chi connectivity index (χ0v) is 25.7. The van der Waals surface area contributed by atoms with Crippen LogP contribution in [-0.4, -0.2) is 67.3 Å². The lowest BCUT2D eigenvalue weighted by Crippen LogP contribution is -2.55. The van der Waals surface area contributed by atoms with Crippen LogP contribution in [0.2, 0.25) is 0 Å². The predicted molar refractivity (Wildman–Crippen MR) is 169 cm³/mol. The summed E-state index contributed by atoms with van der Waals surface area (Å²) in [4.78, 5) is 28.3. The summed E-state index contributed by atoms with van der Waals surface area (Å²) < 4.78 is 11.1. The van der Waals surface area contributed by atoms with Gasteiger partial charge in [0.1, 0.15) is 24.1 Å². The molecule has 0 aliphatic heterocycles. The van der Waals surface area contributed by atoms with E-state index < -0.39 is 18.2 Å². The Morgan fingerprint density at radius 1 is 1.12 bits per heavy atom. The molecular formula is C34H49N3O5. The van der Waals surface area contributed by atoms with E-state index >= 15 is 0 Å². The Balaban J connectivity index is 2.17. The normalized spacial score (nSPS) is 13.7. The quantitative estimate of drug-likeness (QED) is 0.197. The standard InChI is InChI=1S/C34H49N3O5/c1-7-10-15-25(4)34(40)37(5)30(14-8-2)33(39)36-29(21-26-16-12-11-13-17-26)31(38)24-35-23-27-22-28(41-6)18-19-32(27)42-20-9-3/h8-9,11-13,16-19,22,25,29-31,35,38H,2-3,7,10,14-15,20-21,23-24H2,1,4-6H3,(H,36,39)/t25-,29-,30-,31+/m0/s1. The van der Waals surface area contributed by atoms with Crippen LogP contribution in [0.5, 0.6) is 11.5 Å². The number of aliphatic hydroxyl groups is 1. The lowest BCUT2D eigenvalue weighted by atomic mass is 9.99. The van der Waals surface area contributed by atoms with Gasteiger partial charge < -0.3 is 30.1 Å². The average Bonchev–Trinajstić information content (AvgIpc) is 3.00. The van der Waals surface area contributed by atoms with Crippen molar-refractivity contribution >= 4 is 11.8 Å². The predicted octanol–water partition coefficient (Wildman–Crippen LogP) is 4.67. The number of carbonyl (C=O) groups is 2. The van der Waals surface area contributed by atoms with Crippen molar-refractivity contribution in [1.82, 2.24) is 15.5 Å². The molecule has 3 N–H and O–H groups in total. The minimum Gasteiger partial charge on any atom is -0.497 e. The summed E-state index contributed by atoms with van der Waals surface area (Å²) >= 11 is 0. The smallest absolute Gasteiger partial charge is 0.243 e. The van der Waals surface area contributed by atoms with E-state index in [0.717, 1.165) is 30.4 Å². The number of carbonyl (C=O) groups excluding carboxylic acids is 2. The van der Waals surface area contributed by atoms with Gasteiger partial charge in [-0.15, -0.1) is 6.58 Å². The number of ether oxygens (including phenoxy) is 2. The number of methoxy groups -OCH3 is 1. The average molecular weight is 580 g/mol. The molecule has 0 aliphatic carbocycles. The molecule has 2 aromatic rings. The highest BCUT2D eigenvalue weighted by atomic mass is 16.5. The molecule has 230 valence electrons. The molecule has 4 atom stereocenters. The number of amides is 2. The number of benzene rings is 2. The number of nitrogens with one attached hydrogen (secondary N) is 2.